The smallest absolute Gasteiger partial charge is 0.261 e. The van der Waals surface area contributed by atoms with Gasteiger partial charge in [0.25, 0.3) is 5.56 Å². The first kappa shape index (κ1) is 23.0. The van der Waals surface area contributed by atoms with E-state index in [4.69, 9.17) is 0 Å². The van der Waals surface area contributed by atoms with Crippen LogP contribution < -0.4 is 10.9 Å². The van der Waals surface area contributed by atoms with Crippen LogP contribution >= 0.6 is 11.8 Å². The standard InChI is InChI=1S/C22H30N6O2S/c1-15(2)13-28-18(25-26-22(28)31-4)9-6-11-23-19(29)10-12-27-14-24-20-16(3)7-5-8-17(20)21(27)30/h5,7-8,14-15H,6,9-13H2,1-4H3,(H,23,29). The Balaban J connectivity index is 1.49. The zero-order valence-corrected chi connectivity index (χ0v) is 19.4. The second-order valence-corrected chi connectivity index (χ2v) is 8.80. The molecule has 0 atom stereocenters. The molecule has 0 aliphatic rings. The Kier molecular flexibility index (Phi) is 7.84. The Bertz CT molecular complexity index is 1110. The van der Waals surface area contributed by atoms with Crippen LogP contribution in [0.5, 0.6) is 0 Å². The lowest BCUT2D eigenvalue weighted by Crippen LogP contribution is -2.28. The molecule has 31 heavy (non-hydrogen) atoms. The van der Waals surface area contributed by atoms with Crippen LogP contribution in [0.3, 0.4) is 0 Å². The average Bonchev–Trinajstić information content (AvgIpc) is 3.12. The van der Waals surface area contributed by atoms with Crippen LogP contribution in [-0.4, -0.2) is 43.0 Å². The number of hydrogen-bond donors (Lipinski definition) is 1. The van der Waals surface area contributed by atoms with Crippen molar-refractivity contribution in [2.24, 2.45) is 5.92 Å². The number of para-hydroxylation sites is 1. The van der Waals surface area contributed by atoms with Gasteiger partial charge >= 0.3 is 0 Å². The van der Waals surface area contributed by atoms with Gasteiger partial charge in [-0.25, -0.2) is 4.98 Å². The van der Waals surface area contributed by atoms with Crippen molar-refractivity contribution in [2.45, 2.75) is 58.3 Å². The van der Waals surface area contributed by atoms with Crippen molar-refractivity contribution in [3.63, 3.8) is 0 Å². The quantitative estimate of drug-likeness (QED) is 0.383. The van der Waals surface area contributed by atoms with Crippen LogP contribution in [-0.2, 0) is 24.3 Å². The summed E-state index contributed by atoms with van der Waals surface area (Å²) in [6.45, 7) is 8.03. The minimum absolute atomic E-state index is 0.0790. The van der Waals surface area contributed by atoms with Gasteiger partial charge < -0.3 is 9.88 Å². The van der Waals surface area contributed by atoms with Crippen molar-refractivity contribution in [2.75, 3.05) is 12.8 Å². The maximum atomic E-state index is 12.6. The predicted molar refractivity (Wildman–Crippen MR) is 123 cm³/mol. The highest BCUT2D eigenvalue weighted by molar-refractivity contribution is 7.98. The van der Waals surface area contributed by atoms with Gasteiger partial charge in [0.15, 0.2) is 5.16 Å². The fourth-order valence-electron chi connectivity index (χ4n) is 3.48. The number of nitrogens with zero attached hydrogens (tertiary/aromatic N) is 5. The summed E-state index contributed by atoms with van der Waals surface area (Å²) in [7, 11) is 0. The van der Waals surface area contributed by atoms with E-state index in [-0.39, 0.29) is 17.9 Å². The van der Waals surface area contributed by atoms with E-state index >= 15 is 0 Å². The van der Waals surface area contributed by atoms with Gasteiger partial charge in [0, 0.05) is 32.5 Å². The van der Waals surface area contributed by atoms with Gasteiger partial charge in [-0.15, -0.1) is 10.2 Å². The molecule has 1 amide bonds. The van der Waals surface area contributed by atoms with E-state index in [0.29, 0.717) is 29.9 Å². The number of aromatic nitrogens is 5. The topological polar surface area (TPSA) is 94.7 Å². The number of thioether (sulfide) groups is 1. The van der Waals surface area contributed by atoms with Crippen molar-refractivity contribution in [1.82, 2.24) is 29.6 Å². The van der Waals surface area contributed by atoms with E-state index in [0.717, 1.165) is 35.9 Å². The normalized spacial score (nSPS) is 11.4. The number of carbonyl (C=O) groups excluding carboxylic acids is 1. The maximum Gasteiger partial charge on any atom is 0.261 e. The maximum absolute atomic E-state index is 12.6. The molecule has 0 fully saturated rings. The number of hydrogen-bond acceptors (Lipinski definition) is 6. The summed E-state index contributed by atoms with van der Waals surface area (Å²) in [5.41, 5.74) is 1.56. The summed E-state index contributed by atoms with van der Waals surface area (Å²) in [5, 5.41) is 13.0. The number of aryl methyl sites for hydroxylation is 3. The first-order chi connectivity index (χ1) is 14.9. The van der Waals surface area contributed by atoms with E-state index < -0.39 is 0 Å². The molecular formula is C22H30N6O2S. The predicted octanol–water partition coefficient (Wildman–Crippen LogP) is 2.81. The molecule has 2 aromatic heterocycles. The molecule has 0 bridgehead atoms. The molecule has 0 radical (unpaired) electrons. The highest BCUT2D eigenvalue weighted by Gasteiger charge is 2.13. The highest BCUT2D eigenvalue weighted by atomic mass is 32.2. The number of benzene rings is 1. The molecule has 1 aromatic carbocycles. The largest absolute Gasteiger partial charge is 0.356 e. The molecular weight excluding hydrogens is 412 g/mol. The van der Waals surface area contributed by atoms with Crippen LogP contribution in [0.1, 0.15) is 38.1 Å². The summed E-state index contributed by atoms with van der Waals surface area (Å²) in [5.74, 6) is 1.39. The third-order valence-electron chi connectivity index (χ3n) is 5.06. The Hall–Kier alpha value is -2.68. The minimum atomic E-state index is -0.115. The Morgan fingerprint density at radius 3 is 2.81 bits per heavy atom. The second kappa shape index (κ2) is 10.6. The lowest BCUT2D eigenvalue weighted by molar-refractivity contribution is -0.121. The third-order valence-corrected chi connectivity index (χ3v) is 5.73. The number of rotatable bonds is 10. The van der Waals surface area contributed by atoms with Gasteiger partial charge in [-0.2, -0.15) is 0 Å². The fourth-order valence-corrected chi connectivity index (χ4v) is 4.01. The van der Waals surface area contributed by atoms with Crippen molar-refractivity contribution in [1.29, 1.82) is 0 Å². The minimum Gasteiger partial charge on any atom is -0.356 e. The molecule has 1 N–H and O–H groups in total. The van der Waals surface area contributed by atoms with Gasteiger partial charge in [-0.3, -0.25) is 14.2 Å². The number of fused-ring (bicyclic) bond motifs is 1. The lowest BCUT2D eigenvalue weighted by Gasteiger charge is -2.12. The molecule has 0 spiro atoms. The van der Waals surface area contributed by atoms with E-state index in [1.807, 2.05) is 25.3 Å². The van der Waals surface area contributed by atoms with Crippen molar-refractivity contribution < 1.29 is 4.79 Å². The molecule has 166 valence electrons. The average molecular weight is 443 g/mol. The van der Waals surface area contributed by atoms with Crippen LogP contribution in [0.25, 0.3) is 10.9 Å². The highest BCUT2D eigenvalue weighted by Crippen LogP contribution is 2.16. The lowest BCUT2D eigenvalue weighted by atomic mass is 10.1. The van der Waals surface area contributed by atoms with Gasteiger partial charge in [-0.1, -0.05) is 37.7 Å². The molecule has 3 aromatic rings. The molecule has 3 rings (SSSR count). The summed E-state index contributed by atoms with van der Waals surface area (Å²) < 4.78 is 3.66. The first-order valence-electron chi connectivity index (χ1n) is 10.6. The van der Waals surface area contributed by atoms with Crippen LogP contribution in [0.2, 0.25) is 0 Å². The van der Waals surface area contributed by atoms with Crippen LogP contribution in [0.15, 0.2) is 34.5 Å². The number of carbonyl (C=O) groups is 1. The zero-order valence-electron chi connectivity index (χ0n) is 18.6. The van der Waals surface area contributed by atoms with Gasteiger partial charge in [0.05, 0.1) is 17.2 Å². The van der Waals surface area contributed by atoms with Crippen LogP contribution in [0.4, 0.5) is 0 Å². The summed E-state index contributed by atoms with van der Waals surface area (Å²) in [6, 6.07) is 5.55. The number of amides is 1. The van der Waals surface area contributed by atoms with Crippen LogP contribution in [0, 0.1) is 12.8 Å². The number of nitrogens with one attached hydrogen (secondary N) is 1. The zero-order chi connectivity index (χ0) is 22.4. The molecule has 0 aliphatic carbocycles. The Morgan fingerprint density at radius 1 is 1.26 bits per heavy atom. The first-order valence-corrected chi connectivity index (χ1v) is 11.8. The van der Waals surface area contributed by atoms with Crippen molar-refractivity contribution in [3.05, 3.63) is 46.3 Å². The van der Waals surface area contributed by atoms with Crippen molar-refractivity contribution >= 4 is 28.6 Å². The van der Waals surface area contributed by atoms with E-state index in [9.17, 15) is 9.59 Å². The molecule has 9 heteroatoms. The van der Waals surface area contributed by atoms with E-state index in [1.54, 1.807) is 17.8 Å². The van der Waals surface area contributed by atoms with E-state index in [1.165, 1.54) is 10.9 Å². The molecule has 0 unspecified atom stereocenters. The van der Waals surface area contributed by atoms with Gasteiger partial charge in [0.2, 0.25) is 5.91 Å². The molecule has 8 nitrogen and oxygen atoms in total. The van der Waals surface area contributed by atoms with Gasteiger partial charge in [-0.05, 0) is 37.1 Å². The molecule has 0 aliphatic heterocycles. The monoisotopic (exact) mass is 442 g/mol. The SMILES string of the molecule is CSc1nnc(CCCNC(=O)CCn2cnc3c(C)cccc3c2=O)n1CC(C)C. The van der Waals surface area contributed by atoms with Gasteiger partial charge in [0.1, 0.15) is 5.82 Å². The third kappa shape index (κ3) is 5.72. The summed E-state index contributed by atoms with van der Waals surface area (Å²) in [6.07, 6.45) is 5.30. The fraction of sp³-hybridized carbons (Fsp3) is 0.500. The summed E-state index contributed by atoms with van der Waals surface area (Å²) in [4.78, 5) is 29.2. The second-order valence-electron chi connectivity index (χ2n) is 8.03. The summed E-state index contributed by atoms with van der Waals surface area (Å²) >= 11 is 1.60. The molecule has 0 saturated carbocycles. The van der Waals surface area contributed by atoms with Crippen molar-refractivity contribution in [3.8, 4) is 0 Å². The van der Waals surface area contributed by atoms with E-state index in [2.05, 4.69) is 38.9 Å². The molecule has 0 saturated heterocycles. The Labute approximate surface area is 186 Å². The Morgan fingerprint density at radius 2 is 2.06 bits per heavy atom. The molecule has 2 heterocycles.